The summed E-state index contributed by atoms with van der Waals surface area (Å²) in [6, 6.07) is 5.39. The third-order valence-electron chi connectivity index (χ3n) is 3.74. The van der Waals surface area contributed by atoms with E-state index in [0.717, 1.165) is 19.6 Å². The molecule has 2 heterocycles. The molecule has 2 atom stereocenters. The van der Waals surface area contributed by atoms with E-state index >= 15 is 0 Å². The Labute approximate surface area is 111 Å². The Morgan fingerprint density at radius 2 is 2.00 bits per heavy atom. The van der Waals surface area contributed by atoms with E-state index in [2.05, 4.69) is 55.0 Å². The Balaban J connectivity index is 2.11. The van der Waals surface area contributed by atoms with Gasteiger partial charge in [-0.3, -0.25) is 9.88 Å². The number of hydrogen-bond donors (Lipinski definition) is 1. The van der Waals surface area contributed by atoms with Crippen molar-refractivity contribution in [3.63, 3.8) is 0 Å². The van der Waals surface area contributed by atoms with Gasteiger partial charge in [-0.15, -0.1) is 0 Å². The molecule has 0 amide bonds. The van der Waals surface area contributed by atoms with Crippen molar-refractivity contribution < 1.29 is 0 Å². The molecular formula is C15H25N3. The Hall–Kier alpha value is -0.930. The predicted octanol–water partition coefficient (Wildman–Crippen LogP) is 2.29. The Morgan fingerprint density at radius 1 is 1.33 bits per heavy atom. The highest BCUT2D eigenvalue weighted by atomic mass is 15.2. The zero-order valence-corrected chi connectivity index (χ0v) is 12.0. The maximum absolute atomic E-state index is 4.09. The second kappa shape index (κ2) is 5.37. The Bertz CT molecular complexity index is 369. The van der Waals surface area contributed by atoms with Crippen LogP contribution in [0.3, 0.4) is 0 Å². The molecule has 2 unspecified atom stereocenters. The van der Waals surface area contributed by atoms with E-state index in [1.165, 1.54) is 5.56 Å². The van der Waals surface area contributed by atoms with Crippen LogP contribution in [0.5, 0.6) is 0 Å². The van der Waals surface area contributed by atoms with Crippen LogP contribution in [0.1, 0.15) is 33.3 Å². The molecular weight excluding hydrogens is 222 g/mol. The summed E-state index contributed by atoms with van der Waals surface area (Å²) in [5.41, 5.74) is 1.66. The fourth-order valence-electron chi connectivity index (χ4n) is 2.74. The molecule has 1 N–H and O–H groups in total. The van der Waals surface area contributed by atoms with Gasteiger partial charge < -0.3 is 5.32 Å². The SMILES string of the molecule is CC1CN(Cc2ccncc2)C(C(C)(C)C)CN1. The summed E-state index contributed by atoms with van der Waals surface area (Å²) in [7, 11) is 0. The zero-order chi connectivity index (χ0) is 13.2. The topological polar surface area (TPSA) is 28.2 Å². The quantitative estimate of drug-likeness (QED) is 0.869. The summed E-state index contributed by atoms with van der Waals surface area (Å²) in [6.07, 6.45) is 3.76. The molecule has 0 saturated carbocycles. The fraction of sp³-hybridized carbons (Fsp3) is 0.667. The lowest BCUT2D eigenvalue weighted by molar-refractivity contribution is 0.0526. The van der Waals surface area contributed by atoms with E-state index in [0.29, 0.717) is 17.5 Å². The molecule has 3 heteroatoms. The Kier molecular flexibility index (Phi) is 4.03. The second-order valence-corrected chi connectivity index (χ2v) is 6.48. The first-order valence-corrected chi connectivity index (χ1v) is 6.83. The molecule has 0 bridgehead atoms. The molecule has 100 valence electrons. The lowest BCUT2D eigenvalue weighted by Gasteiger charge is -2.45. The number of piperazine rings is 1. The summed E-state index contributed by atoms with van der Waals surface area (Å²) in [5.74, 6) is 0. The van der Waals surface area contributed by atoms with Gasteiger partial charge in [-0.05, 0) is 30.0 Å². The van der Waals surface area contributed by atoms with Crippen molar-refractivity contribution in [3.8, 4) is 0 Å². The number of nitrogens with zero attached hydrogens (tertiary/aromatic N) is 2. The number of nitrogens with one attached hydrogen (secondary N) is 1. The fourth-order valence-corrected chi connectivity index (χ4v) is 2.74. The smallest absolute Gasteiger partial charge is 0.0273 e. The van der Waals surface area contributed by atoms with Crippen LogP contribution in [-0.4, -0.2) is 35.1 Å². The maximum Gasteiger partial charge on any atom is 0.0273 e. The van der Waals surface area contributed by atoms with Gasteiger partial charge in [-0.25, -0.2) is 0 Å². The first-order chi connectivity index (χ1) is 8.47. The summed E-state index contributed by atoms with van der Waals surface area (Å²) in [6.45, 7) is 12.5. The third-order valence-corrected chi connectivity index (χ3v) is 3.74. The third kappa shape index (κ3) is 3.30. The average molecular weight is 247 g/mol. The molecule has 1 aromatic rings. The van der Waals surface area contributed by atoms with Crippen LogP contribution in [0.2, 0.25) is 0 Å². The molecule has 0 aliphatic carbocycles. The predicted molar refractivity (Wildman–Crippen MR) is 75.4 cm³/mol. The van der Waals surface area contributed by atoms with E-state index in [1.54, 1.807) is 0 Å². The van der Waals surface area contributed by atoms with Crippen molar-refractivity contribution in [2.24, 2.45) is 5.41 Å². The number of pyridine rings is 1. The minimum Gasteiger partial charge on any atom is -0.311 e. The van der Waals surface area contributed by atoms with Crippen molar-refractivity contribution in [1.82, 2.24) is 15.2 Å². The molecule has 2 rings (SSSR count). The molecule has 0 radical (unpaired) electrons. The van der Waals surface area contributed by atoms with Crippen molar-refractivity contribution in [3.05, 3.63) is 30.1 Å². The largest absolute Gasteiger partial charge is 0.311 e. The van der Waals surface area contributed by atoms with Crippen molar-refractivity contribution in [2.45, 2.75) is 46.3 Å². The van der Waals surface area contributed by atoms with E-state index < -0.39 is 0 Å². The molecule has 18 heavy (non-hydrogen) atoms. The van der Waals surface area contributed by atoms with Gasteiger partial charge in [0.15, 0.2) is 0 Å². The number of aromatic nitrogens is 1. The first-order valence-electron chi connectivity index (χ1n) is 6.83. The monoisotopic (exact) mass is 247 g/mol. The van der Waals surface area contributed by atoms with Crippen LogP contribution in [0.15, 0.2) is 24.5 Å². The van der Waals surface area contributed by atoms with Crippen LogP contribution < -0.4 is 5.32 Å². The van der Waals surface area contributed by atoms with E-state index in [9.17, 15) is 0 Å². The lowest BCUT2D eigenvalue weighted by atomic mass is 9.84. The number of rotatable bonds is 2. The molecule has 1 aromatic heterocycles. The molecule has 0 spiro atoms. The highest BCUT2D eigenvalue weighted by Crippen LogP contribution is 2.27. The first kappa shape index (κ1) is 13.5. The minimum absolute atomic E-state index is 0.306. The summed E-state index contributed by atoms with van der Waals surface area (Å²) < 4.78 is 0. The van der Waals surface area contributed by atoms with Crippen molar-refractivity contribution in [1.29, 1.82) is 0 Å². The van der Waals surface area contributed by atoms with Gasteiger partial charge in [0, 0.05) is 44.1 Å². The normalized spacial score (nSPS) is 26.2. The van der Waals surface area contributed by atoms with Gasteiger partial charge in [-0.1, -0.05) is 20.8 Å². The standard InChI is InChI=1S/C15H25N3/c1-12-10-18(11-13-5-7-16-8-6-13)14(9-17-12)15(2,3)4/h5-8,12,14,17H,9-11H2,1-4H3. The van der Waals surface area contributed by atoms with Gasteiger partial charge >= 0.3 is 0 Å². The summed E-state index contributed by atoms with van der Waals surface area (Å²) in [5, 5.41) is 3.60. The molecule has 0 aromatic carbocycles. The molecule has 1 saturated heterocycles. The maximum atomic E-state index is 4.09. The molecule has 3 nitrogen and oxygen atoms in total. The number of hydrogen-bond acceptors (Lipinski definition) is 3. The Morgan fingerprint density at radius 3 is 2.61 bits per heavy atom. The second-order valence-electron chi connectivity index (χ2n) is 6.48. The lowest BCUT2D eigenvalue weighted by Crippen LogP contribution is -2.59. The van der Waals surface area contributed by atoms with E-state index in [4.69, 9.17) is 0 Å². The van der Waals surface area contributed by atoms with Gasteiger partial charge in [0.25, 0.3) is 0 Å². The van der Waals surface area contributed by atoms with Crippen LogP contribution >= 0.6 is 0 Å². The molecule has 1 aliphatic heterocycles. The highest BCUT2D eigenvalue weighted by molar-refractivity contribution is 5.10. The van der Waals surface area contributed by atoms with E-state index in [-0.39, 0.29) is 0 Å². The summed E-state index contributed by atoms with van der Waals surface area (Å²) >= 11 is 0. The van der Waals surface area contributed by atoms with E-state index in [1.807, 2.05) is 12.4 Å². The van der Waals surface area contributed by atoms with Crippen molar-refractivity contribution in [2.75, 3.05) is 13.1 Å². The van der Waals surface area contributed by atoms with Gasteiger partial charge in [0.05, 0.1) is 0 Å². The van der Waals surface area contributed by atoms with Crippen molar-refractivity contribution >= 4 is 0 Å². The molecule has 1 aliphatic rings. The van der Waals surface area contributed by atoms with Crippen LogP contribution in [-0.2, 0) is 6.54 Å². The zero-order valence-electron chi connectivity index (χ0n) is 12.0. The highest BCUT2D eigenvalue weighted by Gasteiger charge is 2.34. The molecule has 1 fully saturated rings. The van der Waals surface area contributed by atoms with Gasteiger partial charge in [0.2, 0.25) is 0 Å². The minimum atomic E-state index is 0.306. The average Bonchev–Trinajstić information content (AvgIpc) is 2.28. The summed E-state index contributed by atoms with van der Waals surface area (Å²) in [4.78, 5) is 6.70. The van der Waals surface area contributed by atoms with Crippen LogP contribution in [0.4, 0.5) is 0 Å². The van der Waals surface area contributed by atoms with Crippen LogP contribution in [0, 0.1) is 5.41 Å². The van der Waals surface area contributed by atoms with Gasteiger partial charge in [0.1, 0.15) is 0 Å². The van der Waals surface area contributed by atoms with Crippen LogP contribution in [0.25, 0.3) is 0 Å². The van der Waals surface area contributed by atoms with Gasteiger partial charge in [-0.2, -0.15) is 0 Å².